The van der Waals surface area contributed by atoms with Crippen molar-refractivity contribution in [2.24, 2.45) is 17.8 Å². The lowest BCUT2D eigenvalue weighted by atomic mass is 9.85. The summed E-state index contributed by atoms with van der Waals surface area (Å²) in [7, 11) is 0. The monoisotopic (exact) mass is 404 g/mol. The van der Waals surface area contributed by atoms with Gasteiger partial charge in [0.15, 0.2) is 12.1 Å². The molecule has 1 aromatic rings. The minimum absolute atomic E-state index is 0.0572. The Bertz CT molecular complexity index is 661. The van der Waals surface area contributed by atoms with Gasteiger partial charge in [-0.3, -0.25) is 9.59 Å². The van der Waals surface area contributed by atoms with Gasteiger partial charge in [0.05, 0.1) is 17.7 Å². The quantitative estimate of drug-likeness (QED) is 0.215. The van der Waals surface area contributed by atoms with Crippen LogP contribution in [0.25, 0.3) is 0 Å². The van der Waals surface area contributed by atoms with Gasteiger partial charge in [-0.2, -0.15) is 0 Å². The van der Waals surface area contributed by atoms with Crippen molar-refractivity contribution < 1.29 is 19.4 Å². The van der Waals surface area contributed by atoms with Crippen molar-refractivity contribution in [3.05, 3.63) is 22.8 Å². The van der Waals surface area contributed by atoms with Gasteiger partial charge >= 0.3 is 0 Å². The first-order valence-corrected chi connectivity index (χ1v) is 11.3. The van der Waals surface area contributed by atoms with Crippen LogP contribution in [-0.2, 0) is 6.42 Å². The molecule has 0 aliphatic rings. The van der Waals surface area contributed by atoms with Crippen LogP contribution in [0.1, 0.15) is 106 Å². The first kappa shape index (κ1) is 25.2. The fourth-order valence-electron chi connectivity index (χ4n) is 3.62. The third-order valence-corrected chi connectivity index (χ3v) is 5.22. The summed E-state index contributed by atoms with van der Waals surface area (Å²) < 4.78 is 5.90. The third kappa shape index (κ3) is 7.49. The lowest BCUT2D eigenvalue weighted by Gasteiger charge is -2.21. The van der Waals surface area contributed by atoms with Gasteiger partial charge in [0.1, 0.15) is 11.5 Å². The van der Waals surface area contributed by atoms with E-state index in [-0.39, 0.29) is 28.6 Å². The largest absolute Gasteiger partial charge is 0.506 e. The number of rotatable bonds is 14. The molecule has 0 bridgehead atoms. The van der Waals surface area contributed by atoms with Crippen molar-refractivity contribution in [2.75, 3.05) is 6.61 Å². The Hall–Kier alpha value is -1.84. The van der Waals surface area contributed by atoms with E-state index in [1.54, 1.807) is 6.07 Å². The number of benzene rings is 1. The van der Waals surface area contributed by atoms with Gasteiger partial charge in [-0.15, -0.1) is 0 Å². The summed E-state index contributed by atoms with van der Waals surface area (Å²) >= 11 is 0. The molecule has 0 aromatic heterocycles. The molecule has 0 spiro atoms. The van der Waals surface area contributed by atoms with Crippen molar-refractivity contribution in [3.8, 4) is 11.5 Å². The van der Waals surface area contributed by atoms with Gasteiger partial charge in [0.25, 0.3) is 0 Å². The number of hydrogen-bond acceptors (Lipinski definition) is 4. The summed E-state index contributed by atoms with van der Waals surface area (Å²) in [5.74, 6) is 0.875. The number of ether oxygens (including phenoxy) is 1. The van der Waals surface area contributed by atoms with Crippen LogP contribution in [0.5, 0.6) is 11.5 Å². The number of aromatic hydroxyl groups is 1. The molecule has 29 heavy (non-hydrogen) atoms. The normalized spacial score (nSPS) is 12.4. The highest BCUT2D eigenvalue weighted by molar-refractivity contribution is 6.03. The van der Waals surface area contributed by atoms with Crippen molar-refractivity contribution >= 4 is 12.1 Å². The molecule has 0 amide bonds. The number of Topliss-reactive ketones (excluding diaryl/α,β-unsaturated/α-hetero) is 1. The Morgan fingerprint density at radius 2 is 1.76 bits per heavy atom. The highest BCUT2D eigenvalue weighted by atomic mass is 16.5. The fraction of sp³-hybridized carbons (Fsp3) is 0.680. The Morgan fingerprint density at radius 1 is 1.07 bits per heavy atom. The van der Waals surface area contributed by atoms with Crippen molar-refractivity contribution in [2.45, 2.75) is 86.5 Å². The van der Waals surface area contributed by atoms with E-state index >= 15 is 0 Å². The Labute approximate surface area is 177 Å². The first-order valence-electron chi connectivity index (χ1n) is 11.3. The molecule has 0 radical (unpaired) electrons. The topological polar surface area (TPSA) is 63.6 Å². The molecule has 4 nitrogen and oxygen atoms in total. The average molecular weight is 405 g/mol. The SMILES string of the molecule is CCCCOc1c(CC(C)C)cc(C(=O)C(CCC)CCC(C)C)c(O)c1C=O. The van der Waals surface area contributed by atoms with Crippen LogP contribution in [0.15, 0.2) is 6.07 Å². The van der Waals surface area contributed by atoms with Crippen LogP contribution in [0.4, 0.5) is 0 Å². The second kappa shape index (κ2) is 12.7. The number of carbonyl (C=O) groups is 2. The maximum atomic E-state index is 13.3. The second-order valence-corrected chi connectivity index (χ2v) is 8.91. The summed E-state index contributed by atoms with van der Waals surface area (Å²) in [4.78, 5) is 25.2. The zero-order valence-corrected chi connectivity index (χ0v) is 19.2. The first-order chi connectivity index (χ1) is 13.8. The number of unbranched alkanes of at least 4 members (excludes halogenated alkanes) is 1. The minimum atomic E-state index is -0.227. The molecule has 0 heterocycles. The highest BCUT2D eigenvalue weighted by Gasteiger charge is 2.27. The van der Waals surface area contributed by atoms with Crippen LogP contribution in [0, 0.1) is 17.8 Å². The highest BCUT2D eigenvalue weighted by Crippen LogP contribution is 2.37. The molecule has 1 atom stereocenters. The smallest absolute Gasteiger partial charge is 0.169 e. The summed E-state index contributed by atoms with van der Waals surface area (Å²) in [6.45, 7) is 13.1. The maximum Gasteiger partial charge on any atom is 0.169 e. The number of ketones is 1. The molecule has 0 saturated carbocycles. The van der Waals surface area contributed by atoms with Gasteiger partial charge in [-0.1, -0.05) is 60.8 Å². The Balaban J connectivity index is 3.40. The lowest BCUT2D eigenvalue weighted by molar-refractivity contribution is 0.0898. The zero-order valence-electron chi connectivity index (χ0n) is 19.2. The van der Waals surface area contributed by atoms with E-state index in [0.717, 1.165) is 44.1 Å². The van der Waals surface area contributed by atoms with E-state index in [4.69, 9.17) is 4.74 Å². The van der Waals surface area contributed by atoms with Crippen LogP contribution < -0.4 is 4.74 Å². The number of carbonyl (C=O) groups excluding carboxylic acids is 2. The maximum absolute atomic E-state index is 13.3. The molecule has 4 heteroatoms. The Kier molecular flexibility index (Phi) is 11.0. The summed E-state index contributed by atoms with van der Waals surface area (Å²) in [6.07, 6.45) is 6.63. The standard InChI is InChI=1S/C25H40O4/c1-7-9-13-29-25-20(14-18(5)6)15-21(24(28)22(25)16-26)23(27)19(10-8-2)12-11-17(3)4/h15-19,28H,7-14H2,1-6H3. The number of aldehydes is 1. The molecule has 0 aliphatic carbocycles. The second-order valence-electron chi connectivity index (χ2n) is 8.91. The number of phenols is 1. The van der Waals surface area contributed by atoms with Crippen LogP contribution >= 0.6 is 0 Å². The predicted molar refractivity (Wildman–Crippen MR) is 119 cm³/mol. The van der Waals surface area contributed by atoms with Gasteiger partial charge in [0.2, 0.25) is 0 Å². The molecule has 1 unspecified atom stereocenters. The number of phenolic OH excluding ortho intramolecular Hbond substituents is 1. The minimum Gasteiger partial charge on any atom is -0.506 e. The molecule has 0 fully saturated rings. The van der Waals surface area contributed by atoms with Crippen LogP contribution in [0.3, 0.4) is 0 Å². The molecule has 1 N–H and O–H groups in total. The van der Waals surface area contributed by atoms with E-state index in [1.807, 2.05) is 0 Å². The van der Waals surface area contributed by atoms with Gasteiger partial charge in [0, 0.05) is 5.92 Å². The van der Waals surface area contributed by atoms with Gasteiger partial charge in [-0.25, -0.2) is 0 Å². The van der Waals surface area contributed by atoms with Crippen LogP contribution in [0.2, 0.25) is 0 Å². The zero-order chi connectivity index (χ0) is 22.0. The molecular formula is C25H40O4. The van der Waals surface area contributed by atoms with Crippen molar-refractivity contribution in [3.63, 3.8) is 0 Å². The van der Waals surface area contributed by atoms with E-state index in [0.29, 0.717) is 36.9 Å². The molecule has 0 aliphatic heterocycles. The summed E-state index contributed by atoms with van der Waals surface area (Å²) in [6, 6.07) is 1.77. The number of hydrogen-bond donors (Lipinski definition) is 1. The fourth-order valence-corrected chi connectivity index (χ4v) is 3.62. The van der Waals surface area contributed by atoms with Gasteiger partial charge < -0.3 is 9.84 Å². The molecule has 1 aromatic carbocycles. The molecule has 1 rings (SSSR count). The van der Waals surface area contributed by atoms with Crippen molar-refractivity contribution in [1.29, 1.82) is 0 Å². The predicted octanol–water partition coefficient (Wildman–Crippen LogP) is 6.62. The summed E-state index contributed by atoms with van der Waals surface area (Å²) in [5.41, 5.74) is 1.22. The summed E-state index contributed by atoms with van der Waals surface area (Å²) in [5, 5.41) is 10.8. The van der Waals surface area contributed by atoms with E-state index in [1.165, 1.54) is 0 Å². The molecular weight excluding hydrogens is 364 g/mol. The third-order valence-electron chi connectivity index (χ3n) is 5.22. The van der Waals surface area contributed by atoms with E-state index in [9.17, 15) is 14.7 Å². The van der Waals surface area contributed by atoms with E-state index < -0.39 is 0 Å². The molecule has 0 saturated heterocycles. The van der Waals surface area contributed by atoms with Crippen molar-refractivity contribution in [1.82, 2.24) is 0 Å². The van der Waals surface area contributed by atoms with Gasteiger partial charge in [-0.05, 0) is 49.1 Å². The Morgan fingerprint density at radius 3 is 2.28 bits per heavy atom. The van der Waals surface area contributed by atoms with Crippen LogP contribution in [-0.4, -0.2) is 23.8 Å². The average Bonchev–Trinajstić information content (AvgIpc) is 2.66. The lowest BCUT2D eigenvalue weighted by Crippen LogP contribution is -2.17. The van der Waals surface area contributed by atoms with E-state index in [2.05, 4.69) is 41.5 Å². The molecule has 164 valence electrons.